The molecule has 0 aromatic heterocycles. The summed E-state index contributed by atoms with van der Waals surface area (Å²) in [6.07, 6.45) is 5.74. The molecular weight excluding hydrogens is 315 g/mol. The van der Waals surface area contributed by atoms with E-state index in [1.54, 1.807) is 6.92 Å². The van der Waals surface area contributed by atoms with Gasteiger partial charge in [-0.3, -0.25) is 4.79 Å². The Bertz CT molecular complexity index is 364. The number of ether oxygens (including phenoxy) is 3. The van der Waals surface area contributed by atoms with E-state index in [1.165, 1.54) is 33.0 Å². The fraction of sp³-hybridized carbons (Fsp3) is 0.882. The van der Waals surface area contributed by atoms with Crippen molar-refractivity contribution in [3.63, 3.8) is 0 Å². The summed E-state index contributed by atoms with van der Waals surface area (Å²) in [6, 6.07) is 0. The SMILES string of the molecule is COCC(C)(COC(C)=O)C(=O)OCCCCCC[PH](C)(C)C. The van der Waals surface area contributed by atoms with Crippen LogP contribution < -0.4 is 0 Å². The summed E-state index contributed by atoms with van der Waals surface area (Å²) in [5, 5.41) is 0. The molecule has 0 rings (SSSR count). The summed E-state index contributed by atoms with van der Waals surface area (Å²) in [4.78, 5) is 23.1. The van der Waals surface area contributed by atoms with Crippen LogP contribution in [0.2, 0.25) is 0 Å². The number of esters is 2. The van der Waals surface area contributed by atoms with E-state index >= 15 is 0 Å². The maximum atomic E-state index is 12.2. The molecule has 0 aliphatic carbocycles. The van der Waals surface area contributed by atoms with Crippen molar-refractivity contribution in [1.29, 1.82) is 0 Å². The van der Waals surface area contributed by atoms with E-state index in [2.05, 4.69) is 20.0 Å². The standard InChI is InChI=1S/C17H35O5P/c1-15(18)22-14-17(2,13-20-3)16(19)21-11-9-7-8-10-12-23(4,5)6/h23H,7-14H2,1-6H3. The molecule has 0 aliphatic rings. The average Bonchev–Trinajstić information content (AvgIpc) is 2.43. The Morgan fingerprint density at radius 1 is 0.957 bits per heavy atom. The molecule has 0 saturated carbocycles. The molecular formula is C17H35O5P. The van der Waals surface area contributed by atoms with Crippen LogP contribution >= 0.6 is 7.26 Å². The fourth-order valence-electron chi connectivity index (χ4n) is 2.19. The van der Waals surface area contributed by atoms with Crippen LogP contribution in [0.3, 0.4) is 0 Å². The van der Waals surface area contributed by atoms with Crippen molar-refractivity contribution in [2.45, 2.75) is 39.5 Å². The fourth-order valence-corrected chi connectivity index (χ4v) is 3.50. The first kappa shape index (κ1) is 22.3. The number of hydrogen-bond donors (Lipinski definition) is 0. The first-order chi connectivity index (χ1) is 10.6. The number of rotatable bonds is 12. The summed E-state index contributed by atoms with van der Waals surface area (Å²) >= 11 is 0. The third-order valence-electron chi connectivity index (χ3n) is 3.60. The number of unbranched alkanes of at least 4 members (excludes halogenated alkanes) is 3. The molecule has 0 bridgehead atoms. The number of methoxy groups -OCH3 is 1. The monoisotopic (exact) mass is 350 g/mol. The molecule has 1 atom stereocenters. The van der Waals surface area contributed by atoms with E-state index in [0.717, 1.165) is 12.8 Å². The van der Waals surface area contributed by atoms with Gasteiger partial charge in [-0.05, 0) is 0 Å². The van der Waals surface area contributed by atoms with E-state index < -0.39 is 18.6 Å². The molecule has 138 valence electrons. The second-order valence-corrected chi connectivity index (χ2v) is 13.3. The van der Waals surface area contributed by atoms with E-state index in [9.17, 15) is 9.59 Å². The molecule has 0 N–H and O–H groups in total. The molecule has 0 saturated heterocycles. The van der Waals surface area contributed by atoms with Gasteiger partial charge < -0.3 is 0 Å². The normalized spacial score (nSPS) is 14.9. The Morgan fingerprint density at radius 3 is 2.09 bits per heavy atom. The Kier molecular flexibility index (Phi) is 10.7. The van der Waals surface area contributed by atoms with Crippen molar-refractivity contribution < 1.29 is 23.8 Å². The molecule has 23 heavy (non-hydrogen) atoms. The zero-order valence-electron chi connectivity index (χ0n) is 15.7. The van der Waals surface area contributed by atoms with Crippen LogP contribution in [0.4, 0.5) is 0 Å². The van der Waals surface area contributed by atoms with Gasteiger partial charge in [-0.1, -0.05) is 0 Å². The van der Waals surface area contributed by atoms with E-state index in [4.69, 9.17) is 14.2 Å². The number of carbonyl (C=O) groups is 2. The first-order valence-corrected chi connectivity index (χ1v) is 12.1. The van der Waals surface area contributed by atoms with Crippen LogP contribution in [0.15, 0.2) is 0 Å². The van der Waals surface area contributed by atoms with Gasteiger partial charge in [0.1, 0.15) is 0 Å². The summed E-state index contributed by atoms with van der Waals surface area (Å²) in [5.41, 5.74) is -0.946. The first-order valence-electron chi connectivity index (χ1n) is 8.40. The Morgan fingerprint density at radius 2 is 1.57 bits per heavy atom. The predicted octanol–water partition coefficient (Wildman–Crippen LogP) is 2.95. The molecule has 0 heterocycles. The topological polar surface area (TPSA) is 61.8 Å². The Hall–Kier alpha value is -0.670. The van der Waals surface area contributed by atoms with Crippen molar-refractivity contribution in [3.05, 3.63) is 0 Å². The Labute approximate surface area is 141 Å². The van der Waals surface area contributed by atoms with E-state index in [-0.39, 0.29) is 19.2 Å². The Balaban J connectivity index is 4.02. The molecule has 5 nitrogen and oxygen atoms in total. The molecule has 0 aromatic rings. The zero-order valence-corrected chi connectivity index (χ0v) is 16.7. The second-order valence-electron chi connectivity index (χ2n) is 7.63. The predicted molar refractivity (Wildman–Crippen MR) is 97.0 cm³/mol. The van der Waals surface area contributed by atoms with Crippen LogP contribution in [-0.4, -0.2) is 65.0 Å². The van der Waals surface area contributed by atoms with Crippen molar-refractivity contribution in [2.24, 2.45) is 5.41 Å². The minimum atomic E-state index is -0.946. The molecule has 6 heteroatoms. The van der Waals surface area contributed by atoms with Crippen molar-refractivity contribution in [2.75, 3.05) is 53.1 Å². The minimum absolute atomic E-state index is 0.0226. The number of carbonyl (C=O) groups excluding carboxylic acids is 2. The van der Waals surface area contributed by atoms with Gasteiger partial charge in [0.15, 0.2) is 0 Å². The maximum absolute atomic E-state index is 12.2. The molecule has 0 aliphatic heterocycles. The molecule has 0 spiro atoms. The average molecular weight is 350 g/mol. The quantitative estimate of drug-likeness (QED) is 0.308. The van der Waals surface area contributed by atoms with Crippen LogP contribution in [0.1, 0.15) is 39.5 Å². The van der Waals surface area contributed by atoms with Crippen molar-refractivity contribution in [3.8, 4) is 0 Å². The molecule has 0 fully saturated rings. The van der Waals surface area contributed by atoms with Gasteiger partial charge in [0.05, 0.1) is 0 Å². The van der Waals surface area contributed by atoms with Crippen LogP contribution in [-0.2, 0) is 23.8 Å². The third-order valence-corrected chi connectivity index (χ3v) is 5.46. The van der Waals surface area contributed by atoms with Crippen LogP contribution in [0.5, 0.6) is 0 Å². The van der Waals surface area contributed by atoms with Gasteiger partial charge in [0.25, 0.3) is 0 Å². The summed E-state index contributed by atoms with van der Waals surface area (Å²) < 4.78 is 15.4. The van der Waals surface area contributed by atoms with Gasteiger partial charge in [-0.2, -0.15) is 0 Å². The van der Waals surface area contributed by atoms with Gasteiger partial charge in [-0.15, -0.1) is 0 Å². The summed E-state index contributed by atoms with van der Waals surface area (Å²) in [7, 11) is 0.575. The molecule has 0 amide bonds. The van der Waals surface area contributed by atoms with E-state index in [1.807, 2.05) is 0 Å². The molecule has 1 unspecified atom stereocenters. The van der Waals surface area contributed by atoms with Gasteiger partial charge >= 0.3 is 129 Å². The molecule has 0 radical (unpaired) electrons. The van der Waals surface area contributed by atoms with Gasteiger partial charge in [0.2, 0.25) is 0 Å². The van der Waals surface area contributed by atoms with Crippen LogP contribution in [0, 0.1) is 5.41 Å². The summed E-state index contributed by atoms with van der Waals surface area (Å²) in [6.45, 7) is 10.7. The molecule has 0 aromatic carbocycles. The number of hydrogen-bond acceptors (Lipinski definition) is 5. The third kappa shape index (κ3) is 11.5. The summed E-state index contributed by atoms with van der Waals surface area (Å²) in [5.74, 6) is -0.787. The zero-order chi connectivity index (χ0) is 17.9. The van der Waals surface area contributed by atoms with Crippen molar-refractivity contribution >= 4 is 19.2 Å². The van der Waals surface area contributed by atoms with Gasteiger partial charge in [-0.25, -0.2) is 0 Å². The van der Waals surface area contributed by atoms with Crippen LogP contribution in [0.25, 0.3) is 0 Å². The van der Waals surface area contributed by atoms with Gasteiger partial charge in [0, 0.05) is 6.92 Å². The van der Waals surface area contributed by atoms with Crippen molar-refractivity contribution in [1.82, 2.24) is 0 Å². The second kappa shape index (κ2) is 11.0. The van der Waals surface area contributed by atoms with E-state index in [0.29, 0.717) is 6.61 Å².